The fourth-order valence-electron chi connectivity index (χ4n) is 4.07. The van der Waals surface area contributed by atoms with E-state index in [1.807, 2.05) is 35.2 Å². The van der Waals surface area contributed by atoms with Crippen molar-refractivity contribution in [3.63, 3.8) is 0 Å². The number of nitrogens with two attached hydrogens (primary N) is 1. The first-order valence-corrected chi connectivity index (χ1v) is 11.1. The Kier molecular flexibility index (Phi) is 4.38. The fourth-order valence-corrected chi connectivity index (χ4v) is 4.89. The Morgan fingerprint density at radius 3 is 2.61 bits per heavy atom. The maximum absolute atomic E-state index is 13.6. The molecule has 0 aliphatic carbocycles. The highest BCUT2D eigenvalue weighted by Crippen LogP contribution is 2.46. The molecule has 13 heteroatoms. The van der Waals surface area contributed by atoms with Gasteiger partial charge in [-0.25, -0.2) is 4.52 Å². The lowest BCUT2D eigenvalue weighted by Crippen LogP contribution is -2.57. The van der Waals surface area contributed by atoms with Gasteiger partial charge in [-0.05, 0) is 18.2 Å². The van der Waals surface area contributed by atoms with E-state index < -0.39 is 4.87 Å². The fraction of sp³-hybridized carbons (Fsp3) is 0.150. The number of anilines is 2. The Morgan fingerprint density at radius 1 is 1.09 bits per heavy atom. The molecule has 1 fully saturated rings. The van der Waals surface area contributed by atoms with Crippen molar-refractivity contribution in [1.82, 2.24) is 33.8 Å². The first-order chi connectivity index (χ1) is 15.9. The zero-order chi connectivity index (χ0) is 22.9. The zero-order valence-electron chi connectivity index (χ0n) is 16.8. The maximum Gasteiger partial charge on any atom is 0.284 e. The van der Waals surface area contributed by atoms with Crippen LogP contribution < -0.4 is 16.2 Å². The normalized spacial score (nSPS) is 18.2. The van der Waals surface area contributed by atoms with Crippen molar-refractivity contribution < 1.29 is 0 Å². The lowest BCUT2D eigenvalue weighted by Gasteiger charge is -2.49. The van der Waals surface area contributed by atoms with Crippen LogP contribution in [0.1, 0.15) is 12.2 Å². The molecule has 1 aliphatic rings. The van der Waals surface area contributed by atoms with Gasteiger partial charge in [-0.2, -0.15) is 24.7 Å². The molecule has 1 aromatic carbocycles. The van der Waals surface area contributed by atoms with Gasteiger partial charge in [-0.3, -0.25) is 9.36 Å². The van der Waals surface area contributed by atoms with Gasteiger partial charge in [0, 0.05) is 19.2 Å². The monoisotopic (exact) mass is 499 g/mol. The van der Waals surface area contributed by atoms with E-state index in [0.29, 0.717) is 46.1 Å². The summed E-state index contributed by atoms with van der Waals surface area (Å²) < 4.78 is 4.50. The summed E-state index contributed by atoms with van der Waals surface area (Å²) in [4.78, 5) is 23.0. The number of thiol groups is 1. The molecule has 4 aromatic heterocycles. The third-order valence-corrected chi connectivity index (χ3v) is 6.94. The lowest BCUT2D eigenvalue weighted by molar-refractivity contribution is 0.374. The van der Waals surface area contributed by atoms with Gasteiger partial charge in [0.1, 0.15) is 15.4 Å². The van der Waals surface area contributed by atoms with Crippen molar-refractivity contribution >= 4 is 58.9 Å². The van der Waals surface area contributed by atoms with E-state index in [4.69, 9.17) is 46.7 Å². The maximum atomic E-state index is 13.6. The van der Waals surface area contributed by atoms with E-state index in [0.717, 1.165) is 0 Å². The van der Waals surface area contributed by atoms with Gasteiger partial charge >= 0.3 is 0 Å². The molecule has 1 saturated heterocycles. The van der Waals surface area contributed by atoms with Crippen LogP contribution in [0.4, 0.5) is 11.9 Å². The summed E-state index contributed by atoms with van der Waals surface area (Å²) in [5.74, 6) is 0.838. The highest BCUT2D eigenvalue weighted by Gasteiger charge is 2.49. The topological polar surface area (TPSA) is 112 Å². The van der Waals surface area contributed by atoms with Gasteiger partial charge in [0.25, 0.3) is 5.56 Å². The minimum absolute atomic E-state index is 0.0449. The number of benzene rings is 1. The largest absolute Gasteiger partial charge is 0.368 e. The van der Waals surface area contributed by atoms with Crippen LogP contribution in [0.15, 0.2) is 53.6 Å². The molecule has 166 valence electrons. The van der Waals surface area contributed by atoms with Crippen LogP contribution in [0.2, 0.25) is 10.0 Å². The average Bonchev–Trinajstić information content (AvgIpc) is 3.35. The second-order valence-corrected chi connectivity index (χ2v) is 9.14. The number of aromatic nitrogens is 7. The summed E-state index contributed by atoms with van der Waals surface area (Å²) in [6.45, 7) is 0.571. The van der Waals surface area contributed by atoms with Gasteiger partial charge in [-0.15, -0.1) is 12.6 Å². The predicted octanol–water partition coefficient (Wildman–Crippen LogP) is 2.80. The van der Waals surface area contributed by atoms with Gasteiger partial charge < -0.3 is 10.6 Å². The summed E-state index contributed by atoms with van der Waals surface area (Å²) in [7, 11) is 0. The number of fused-ring (bicyclic) bond motifs is 2. The Bertz CT molecular complexity index is 1610. The summed E-state index contributed by atoms with van der Waals surface area (Å²) in [5.41, 5.74) is 6.94. The summed E-state index contributed by atoms with van der Waals surface area (Å²) in [5, 5.41) is 9.71. The van der Waals surface area contributed by atoms with Crippen LogP contribution in [0.25, 0.3) is 16.9 Å². The van der Waals surface area contributed by atoms with E-state index >= 15 is 0 Å². The second-order valence-electron chi connectivity index (χ2n) is 7.58. The molecule has 5 aromatic rings. The van der Waals surface area contributed by atoms with Crippen LogP contribution in [-0.4, -0.2) is 40.3 Å². The molecule has 2 N–H and O–H groups in total. The van der Waals surface area contributed by atoms with Gasteiger partial charge in [0.15, 0.2) is 11.5 Å². The zero-order valence-corrected chi connectivity index (χ0v) is 19.2. The molecular weight excluding hydrogens is 485 g/mol. The Morgan fingerprint density at radius 2 is 1.88 bits per heavy atom. The Labute approximate surface area is 201 Å². The average molecular weight is 500 g/mol. The van der Waals surface area contributed by atoms with E-state index in [9.17, 15) is 4.79 Å². The van der Waals surface area contributed by atoms with Crippen molar-refractivity contribution in [2.45, 2.75) is 11.3 Å². The molecule has 1 atom stereocenters. The molecule has 6 rings (SSSR count). The van der Waals surface area contributed by atoms with E-state index in [1.165, 1.54) is 19.8 Å². The van der Waals surface area contributed by atoms with E-state index in [2.05, 4.69) is 15.1 Å². The van der Waals surface area contributed by atoms with Crippen molar-refractivity contribution in [2.75, 3.05) is 17.2 Å². The summed E-state index contributed by atoms with van der Waals surface area (Å²) in [6, 6.07) is 10.9. The number of hydrogen-bond donors (Lipinski definition) is 2. The van der Waals surface area contributed by atoms with Gasteiger partial charge in [-0.1, -0.05) is 41.4 Å². The van der Waals surface area contributed by atoms with Crippen LogP contribution >= 0.6 is 35.8 Å². The van der Waals surface area contributed by atoms with Crippen LogP contribution in [-0.2, 0) is 4.87 Å². The predicted molar refractivity (Wildman–Crippen MR) is 129 cm³/mol. The first-order valence-electron chi connectivity index (χ1n) is 9.91. The molecule has 0 bridgehead atoms. The minimum Gasteiger partial charge on any atom is -0.368 e. The molecule has 0 saturated carbocycles. The Hall–Kier alpha value is -3.28. The van der Waals surface area contributed by atoms with Crippen molar-refractivity contribution in [1.29, 1.82) is 0 Å². The quantitative estimate of drug-likeness (QED) is 0.367. The lowest BCUT2D eigenvalue weighted by atomic mass is 10.0. The molecule has 0 spiro atoms. The summed E-state index contributed by atoms with van der Waals surface area (Å²) in [6.07, 6.45) is 3.70. The molecule has 0 amide bonds. The van der Waals surface area contributed by atoms with Crippen LogP contribution in [0.5, 0.6) is 0 Å². The smallest absolute Gasteiger partial charge is 0.284 e. The molecule has 1 aliphatic heterocycles. The molecule has 10 nitrogen and oxygen atoms in total. The number of rotatable bonds is 3. The molecular formula is C20H15Cl2N9OS. The minimum atomic E-state index is -1.01. The number of nitrogens with zero attached hydrogens (tertiary/aromatic N) is 8. The van der Waals surface area contributed by atoms with Gasteiger partial charge in [0.2, 0.25) is 11.9 Å². The van der Waals surface area contributed by atoms with E-state index in [-0.39, 0.29) is 17.0 Å². The van der Waals surface area contributed by atoms with Crippen LogP contribution in [0.3, 0.4) is 0 Å². The van der Waals surface area contributed by atoms with Crippen molar-refractivity contribution in [2.24, 2.45) is 0 Å². The number of hydrogen-bond acceptors (Lipinski definition) is 8. The number of halogens is 2. The highest BCUT2D eigenvalue weighted by molar-refractivity contribution is 7.81. The first kappa shape index (κ1) is 20.3. The standard InChI is InChI=1S/C20H15Cl2N9OS/c21-12-6-8-29-14(12)16(32)30(11-4-2-1-3-5-11)17(27-29)20(33)7-9-28(20)19-26-18(23)25-15-13(22)10-24-31(15)19/h1-6,8,10,33H,7,9H2,(H2,23,25)/t20-/m1/s1. The number of nitrogen functional groups attached to an aromatic ring is 1. The third-order valence-electron chi connectivity index (χ3n) is 5.71. The second kappa shape index (κ2) is 7.11. The molecule has 5 heterocycles. The molecule has 0 unspecified atom stereocenters. The Balaban J connectivity index is 1.62. The highest BCUT2D eigenvalue weighted by atomic mass is 35.5. The molecule has 0 radical (unpaired) electrons. The van der Waals surface area contributed by atoms with Crippen molar-refractivity contribution in [3.05, 3.63) is 75.0 Å². The SMILES string of the molecule is Nc1nc(N2CC[C@@]2(S)c2nn3ccc(Cl)c3c(=O)n2-c2ccccc2)n2ncc(Cl)c2n1. The summed E-state index contributed by atoms with van der Waals surface area (Å²) >= 11 is 17.5. The number of para-hydroxylation sites is 1. The van der Waals surface area contributed by atoms with Gasteiger partial charge in [0.05, 0.1) is 16.9 Å². The van der Waals surface area contributed by atoms with E-state index in [1.54, 1.807) is 12.3 Å². The van der Waals surface area contributed by atoms with Crippen molar-refractivity contribution in [3.8, 4) is 5.69 Å². The van der Waals surface area contributed by atoms with Crippen LogP contribution in [0, 0.1) is 0 Å². The molecule has 33 heavy (non-hydrogen) atoms. The third kappa shape index (κ3) is 2.86.